The Hall–Kier alpha value is -0.670. The highest BCUT2D eigenvalue weighted by atomic mass is 35.7. The Balaban J connectivity index is 2.79. The van der Waals surface area contributed by atoms with Crippen LogP contribution in [0.4, 0.5) is 0 Å². The minimum Gasteiger partial charge on any atom is -0.346 e. The van der Waals surface area contributed by atoms with Gasteiger partial charge in [0, 0.05) is 22.7 Å². The molecule has 4 heteroatoms. The third-order valence-corrected chi connectivity index (χ3v) is 2.52. The number of aromatic nitrogens is 2. The first kappa shape index (κ1) is 7.00. The normalized spacial score (nSPS) is 10.6. The van der Waals surface area contributed by atoms with Crippen LogP contribution in [-0.2, 0) is 0 Å². The van der Waals surface area contributed by atoms with E-state index in [9.17, 15) is 0 Å². The lowest BCUT2D eigenvalue weighted by Gasteiger charge is -1.93. The predicted molar refractivity (Wildman–Crippen MR) is 47.8 cm³/mol. The number of nitrogens with zero attached hydrogens (tertiary/aromatic N) is 1. The molecule has 0 aliphatic heterocycles. The number of hydrogen-bond donors (Lipinski definition) is 1. The summed E-state index contributed by atoms with van der Waals surface area (Å²) in [5.41, 5.74) is 0.885. The standard InChI is InChI=1S/C7H5ClN2S/c8-11-6-2-4-10-7-5(6)1-3-9-7/h1-4H,(H,9,10). The summed E-state index contributed by atoms with van der Waals surface area (Å²) in [5.74, 6) is 0. The number of rotatable bonds is 1. The molecule has 0 amide bonds. The van der Waals surface area contributed by atoms with Crippen molar-refractivity contribution in [2.24, 2.45) is 0 Å². The van der Waals surface area contributed by atoms with Crippen molar-refractivity contribution in [2.45, 2.75) is 4.90 Å². The summed E-state index contributed by atoms with van der Waals surface area (Å²) < 4.78 is 0. The van der Waals surface area contributed by atoms with Crippen LogP contribution in [0.2, 0.25) is 0 Å². The quantitative estimate of drug-likeness (QED) is 0.739. The van der Waals surface area contributed by atoms with E-state index in [2.05, 4.69) is 9.97 Å². The number of H-pyrrole nitrogens is 1. The molecule has 0 radical (unpaired) electrons. The van der Waals surface area contributed by atoms with Crippen LogP contribution < -0.4 is 0 Å². The lowest BCUT2D eigenvalue weighted by Crippen LogP contribution is -1.75. The van der Waals surface area contributed by atoms with Crippen molar-refractivity contribution in [3.05, 3.63) is 24.5 Å². The molecule has 2 heterocycles. The Morgan fingerprint density at radius 1 is 1.45 bits per heavy atom. The monoisotopic (exact) mass is 184 g/mol. The number of fused-ring (bicyclic) bond motifs is 1. The fourth-order valence-electron chi connectivity index (χ4n) is 1.00. The van der Waals surface area contributed by atoms with Gasteiger partial charge in [0.1, 0.15) is 5.65 Å². The van der Waals surface area contributed by atoms with E-state index >= 15 is 0 Å². The summed E-state index contributed by atoms with van der Waals surface area (Å²) >= 11 is 0. The van der Waals surface area contributed by atoms with Gasteiger partial charge in [-0.05, 0) is 33.8 Å². The van der Waals surface area contributed by atoms with Crippen LogP contribution in [0.1, 0.15) is 0 Å². The molecule has 2 aromatic rings. The maximum atomic E-state index is 5.64. The van der Waals surface area contributed by atoms with Crippen molar-refractivity contribution in [3.63, 3.8) is 0 Å². The first-order chi connectivity index (χ1) is 5.42. The van der Waals surface area contributed by atoms with Gasteiger partial charge < -0.3 is 4.98 Å². The molecular weight excluding hydrogens is 180 g/mol. The Kier molecular flexibility index (Phi) is 1.75. The molecule has 0 spiro atoms. The van der Waals surface area contributed by atoms with E-state index in [0.29, 0.717) is 0 Å². The fourth-order valence-corrected chi connectivity index (χ4v) is 1.77. The smallest absolute Gasteiger partial charge is 0.138 e. The number of pyridine rings is 1. The van der Waals surface area contributed by atoms with Gasteiger partial charge >= 0.3 is 0 Å². The molecular formula is C7H5ClN2S. The number of hydrogen-bond acceptors (Lipinski definition) is 2. The minimum atomic E-state index is 0.885. The van der Waals surface area contributed by atoms with Crippen LogP contribution in [0.5, 0.6) is 0 Å². The Bertz CT molecular complexity index is 371. The van der Waals surface area contributed by atoms with Crippen LogP contribution in [0.25, 0.3) is 11.0 Å². The Labute approximate surface area is 72.5 Å². The van der Waals surface area contributed by atoms with Crippen LogP contribution in [0, 0.1) is 0 Å². The summed E-state index contributed by atoms with van der Waals surface area (Å²) in [6.07, 6.45) is 3.60. The van der Waals surface area contributed by atoms with Gasteiger partial charge in [0.25, 0.3) is 0 Å². The fraction of sp³-hybridized carbons (Fsp3) is 0. The molecule has 0 saturated carbocycles. The first-order valence-electron chi connectivity index (χ1n) is 3.12. The summed E-state index contributed by atoms with van der Waals surface area (Å²) in [4.78, 5) is 8.17. The zero-order chi connectivity index (χ0) is 7.68. The summed E-state index contributed by atoms with van der Waals surface area (Å²) in [6.45, 7) is 0. The molecule has 2 rings (SSSR count). The van der Waals surface area contributed by atoms with Crippen molar-refractivity contribution in [2.75, 3.05) is 0 Å². The van der Waals surface area contributed by atoms with Gasteiger partial charge in [-0.1, -0.05) is 0 Å². The second-order valence-corrected chi connectivity index (χ2v) is 3.18. The number of aromatic amines is 1. The van der Waals surface area contributed by atoms with Gasteiger partial charge in [0.2, 0.25) is 0 Å². The van der Waals surface area contributed by atoms with E-state index < -0.39 is 0 Å². The SMILES string of the molecule is ClSc1ccnc2[nH]ccc12. The highest BCUT2D eigenvalue weighted by Gasteiger charge is 2.00. The zero-order valence-electron chi connectivity index (χ0n) is 5.54. The lowest BCUT2D eigenvalue weighted by atomic mass is 10.3. The van der Waals surface area contributed by atoms with Crippen molar-refractivity contribution in [1.82, 2.24) is 9.97 Å². The third-order valence-electron chi connectivity index (χ3n) is 1.50. The van der Waals surface area contributed by atoms with E-state index in [4.69, 9.17) is 10.7 Å². The number of halogens is 1. The molecule has 0 bridgehead atoms. The molecule has 11 heavy (non-hydrogen) atoms. The second kappa shape index (κ2) is 2.75. The molecule has 1 N–H and O–H groups in total. The summed E-state index contributed by atoms with van der Waals surface area (Å²) in [6, 6.07) is 3.86. The van der Waals surface area contributed by atoms with E-state index in [1.54, 1.807) is 6.20 Å². The largest absolute Gasteiger partial charge is 0.346 e. The average molecular weight is 185 g/mol. The third kappa shape index (κ3) is 1.10. The van der Waals surface area contributed by atoms with Crippen molar-refractivity contribution < 1.29 is 0 Å². The Morgan fingerprint density at radius 3 is 3.18 bits per heavy atom. The zero-order valence-corrected chi connectivity index (χ0v) is 7.12. The van der Waals surface area contributed by atoms with E-state index in [0.717, 1.165) is 15.9 Å². The summed E-state index contributed by atoms with van der Waals surface area (Å²) in [5, 5.41) is 1.08. The van der Waals surface area contributed by atoms with Crippen molar-refractivity contribution >= 4 is 32.7 Å². The molecule has 2 aromatic heterocycles. The molecule has 56 valence electrons. The first-order valence-corrected chi connectivity index (χ1v) is 4.77. The topological polar surface area (TPSA) is 28.7 Å². The van der Waals surface area contributed by atoms with Gasteiger partial charge in [-0.15, -0.1) is 0 Å². The van der Waals surface area contributed by atoms with E-state index in [1.807, 2.05) is 18.3 Å². The van der Waals surface area contributed by atoms with Gasteiger partial charge in [0.05, 0.1) is 0 Å². The molecule has 0 aromatic carbocycles. The van der Waals surface area contributed by atoms with E-state index in [1.165, 1.54) is 11.0 Å². The second-order valence-electron chi connectivity index (χ2n) is 2.13. The molecule has 0 aliphatic rings. The molecule has 2 nitrogen and oxygen atoms in total. The molecule has 0 aliphatic carbocycles. The maximum Gasteiger partial charge on any atom is 0.138 e. The van der Waals surface area contributed by atoms with Crippen LogP contribution in [0.3, 0.4) is 0 Å². The van der Waals surface area contributed by atoms with Gasteiger partial charge in [0.15, 0.2) is 0 Å². The highest BCUT2D eigenvalue weighted by Crippen LogP contribution is 2.28. The van der Waals surface area contributed by atoms with Crippen molar-refractivity contribution in [1.29, 1.82) is 0 Å². The summed E-state index contributed by atoms with van der Waals surface area (Å²) in [7, 11) is 6.85. The van der Waals surface area contributed by atoms with Crippen LogP contribution in [0.15, 0.2) is 29.4 Å². The molecule has 0 atom stereocenters. The lowest BCUT2D eigenvalue weighted by molar-refractivity contribution is 1.30. The maximum absolute atomic E-state index is 5.64. The van der Waals surface area contributed by atoms with Gasteiger partial charge in [-0.25, -0.2) is 4.98 Å². The molecule has 0 saturated heterocycles. The average Bonchev–Trinajstić information content (AvgIpc) is 2.50. The Morgan fingerprint density at radius 2 is 2.36 bits per heavy atom. The highest BCUT2D eigenvalue weighted by molar-refractivity contribution is 8.21. The molecule has 0 fully saturated rings. The number of nitrogens with one attached hydrogen (secondary N) is 1. The predicted octanol–water partition coefficient (Wildman–Crippen LogP) is 2.81. The van der Waals surface area contributed by atoms with Crippen LogP contribution in [-0.4, -0.2) is 9.97 Å². The van der Waals surface area contributed by atoms with Gasteiger partial charge in [-0.2, -0.15) is 0 Å². The minimum absolute atomic E-state index is 0.885. The molecule has 0 unspecified atom stereocenters. The van der Waals surface area contributed by atoms with E-state index in [-0.39, 0.29) is 0 Å². The van der Waals surface area contributed by atoms with Gasteiger partial charge in [-0.3, -0.25) is 0 Å². The van der Waals surface area contributed by atoms with Crippen LogP contribution >= 0.6 is 21.7 Å². The van der Waals surface area contributed by atoms with Crippen molar-refractivity contribution in [3.8, 4) is 0 Å².